The van der Waals surface area contributed by atoms with E-state index in [0.29, 0.717) is 5.56 Å². The molecular formula is C12H11ClO4. The van der Waals surface area contributed by atoms with Gasteiger partial charge in [-0.05, 0) is 18.5 Å². The molecule has 1 rings (SSSR count). The fraction of sp³-hybridized carbons (Fsp3) is 0.250. The van der Waals surface area contributed by atoms with Gasteiger partial charge in [-0.1, -0.05) is 30.3 Å². The molecule has 17 heavy (non-hydrogen) atoms. The molecule has 90 valence electrons. The lowest BCUT2D eigenvalue weighted by molar-refractivity contribution is -0.150. The molecule has 1 aromatic carbocycles. The van der Waals surface area contributed by atoms with Crippen LogP contribution in [0.1, 0.15) is 23.7 Å². The largest absolute Gasteiger partial charge is 0.453 e. The topological polar surface area (TPSA) is 60.4 Å². The van der Waals surface area contributed by atoms with E-state index in [1.165, 1.54) is 6.92 Å². The van der Waals surface area contributed by atoms with Crippen molar-refractivity contribution in [1.82, 2.24) is 0 Å². The van der Waals surface area contributed by atoms with Crippen LogP contribution in [0.2, 0.25) is 0 Å². The van der Waals surface area contributed by atoms with E-state index in [1.54, 1.807) is 30.3 Å². The average molecular weight is 255 g/mol. The number of benzene rings is 1. The van der Waals surface area contributed by atoms with Crippen LogP contribution < -0.4 is 0 Å². The quantitative estimate of drug-likeness (QED) is 0.349. The number of esters is 1. The highest BCUT2D eigenvalue weighted by atomic mass is 35.5. The molecule has 0 fully saturated rings. The number of rotatable bonds is 5. The van der Waals surface area contributed by atoms with Gasteiger partial charge in [0, 0.05) is 5.56 Å². The minimum Gasteiger partial charge on any atom is -0.453 e. The molecule has 0 bridgehead atoms. The number of carbonyl (C=O) groups excluding carboxylic acids is 3. The molecule has 0 aliphatic rings. The lowest BCUT2D eigenvalue weighted by Gasteiger charge is -2.08. The summed E-state index contributed by atoms with van der Waals surface area (Å²) in [6.07, 6.45) is -1.44. The SMILES string of the molecule is CC(OC(=O)CC(=O)c1ccccc1)C(=O)Cl. The first kappa shape index (κ1) is 13.4. The van der Waals surface area contributed by atoms with Crippen LogP contribution in [0.5, 0.6) is 0 Å². The van der Waals surface area contributed by atoms with Crippen molar-refractivity contribution in [3.8, 4) is 0 Å². The number of Topliss-reactive ketones (excluding diaryl/α,β-unsaturated/α-hetero) is 1. The van der Waals surface area contributed by atoms with Crippen LogP contribution in [0.25, 0.3) is 0 Å². The number of halogens is 1. The summed E-state index contributed by atoms with van der Waals surface area (Å²) in [7, 11) is 0. The highest BCUT2D eigenvalue weighted by molar-refractivity contribution is 6.64. The third-order valence-corrected chi connectivity index (χ3v) is 2.34. The fourth-order valence-corrected chi connectivity index (χ4v) is 1.19. The lowest BCUT2D eigenvalue weighted by Crippen LogP contribution is -2.22. The van der Waals surface area contributed by atoms with Crippen molar-refractivity contribution in [2.45, 2.75) is 19.4 Å². The molecule has 0 spiro atoms. The summed E-state index contributed by atoms with van der Waals surface area (Å²) in [5.74, 6) is -1.12. The van der Waals surface area contributed by atoms with E-state index in [2.05, 4.69) is 4.74 Å². The second kappa shape index (κ2) is 6.15. The van der Waals surface area contributed by atoms with E-state index in [1.807, 2.05) is 0 Å². The van der Waals surface area contributed by atoms with Crippen molar-refractivity contribution in [3.05, 3.63) is 35.9 Å². The third kappa shape index (κ3) is 4.36. The zero-order valence-corrected chi connectivity index (χ0v) is 9.94. The zero-order valence-electron chi connectivity index (χ0n) is 9.18. The molecule has 0 aliphatic heterocycles. The van der Waals surface area contributed by atoms with Gasteiger partial charge < -0.3 is 4.74 Å². The zero-order chi connectivity index (χ0) is 12.8. The standard InChI is InChI=1S/C12H11ClO4/c1-8(12(13)16)17-11(15)7-10(14)9-5-3-2-4-6-9/h2-6,8H,7H2,1H3. The molecule has 4 nitrogen and oxygen atoms in total. The van der Waals surface area contributed by atoms with Crippen LogP contribution in [-0.4, -0.2) is 23.1 Å². The summed E-state index contributed by atoms with van der Waals surface area (Å²) in [4.78, 5) is 33.5. The highest BCUT2D eigenvalue weighted by Crippen LogP contribution is 2.05. The fourth-order valence-electron chi connectivity index (χ4n) is 1.14. The van der Waals surface area contributed by atoms with Gasteiger partial charge in [-0.25, -0.2) is 0 Å². The van der Waals surface area contributed by atoms with Gasteiger partial charge in [-0.3, -0.25) is 14.4 Å². The van der Waals surface area contributed by atoms with Gasteiger partial charge in [0.05, 0.1) is 0 Å². The van der Waals surface area contributed by atoms with Crippen molar-refractivity contribution >= 4 is 28.6 Å². The Morgan fingerprint density at radius 2 is 1.82 bits per heavy atom. The van der Waals surface area contributed by atoms with Crippen LogP contribution >= 0.6 is 11.6 Å². The van der Waals surface area contributed by atoms with E-state index in [4.69, 9.17) is 11.6 Å². The summed E-state index contributed by atoms with van der Waals surface area (Å²) in [6.45, 7) is 1.35. The molecule has 0 N–H and O–H groups in total. The second-order valence-electron chi connectivity index (χ2n) is 3.40. The summed E-state index contributed by atoms with van der Waals surface area (Å²) in [6, 6.07) is 8.37. The number of hydrogen-bond donors (Lipinski definition) is 0. The van der Waals surface area contributed by atoms with E-state index in [-0.39, 0.29) is 5.78 Å². The van der Waals surface area contributed by atoms with Gasteiger partial charge in [0.15, 0.2) is 11.9 Å². The maximum atomic E-state index is 11.6. The smallest absolute Gasteiger partial charge is 0.314 e. The van der Waals surface area contributed by atoms with Gasteiger partial charge >= 0.3 is 5.97 Å². The number of carbonyl (C=O) groups is 3. The Morgan fingerprint density at radius 3 is 2.35 bits per heavy atom. The Kier molecular flexibility index (Phi) is 4.84. The first-order chi connectivity index (χ1) is 8.00. The van der Waals surface area contributed by atoms with E-state index in [9.17, 15) is 14.4 Å². The van der Waals surface area contributed by atoms with Gasteiger partial charge in [0.1, 0.15) is 6.42 Å². The highest BCUT2D eigenvalue weighted by Gasteiger charge is 2.18. The molecule has 1 unspecified atom stereocenters. The van der Waals surface area contributed by atoms with Gasteiger partial charge in [-0.2, -0.15) is 0 Å². The molecule has 0 heterocycles. The lowest BCUT2D eigenvalue weighted by atomic mass is 10.1. The van der Waals surface area contributed by atoms with Gasteiger partial charge in [0.2, 0.25) is 0 Å². The predicted molar refractivity (Wildman–Crippen MR) is 61.8 cm³/mol. The molecule has 0 radical (unpaired) electrons. The third-order valence-electron chi connectivity index (χ3n) is 2.03. The maximum Gasteiger partial charge on any atom is 0.314 e. The Morgan fingerprint density at radius 1 is 1.24 bits per heavy atom. The van der Waals surface area contributed by atoms with Crippen LogP contribution in [0.4, 0.5) is 0 Å². The predicted octanol–water partition coefficient (Wildman–Crippen LogP) is 1.96. The van der Waals surface area contributed by atoms with Crippen LogP contribution in [0, 0.1) is 0 Å². The van der Waals surface area contributed by atoms with Crippen molar-refractivity contribution < 1.29 is 19.1 Å². The first-order valence-corrected chi connectivity index (χ1v) is 5.35. The number of ketones is 1. The van der Waals surface area contributed by atoms with Crippen molar-refractivity contribution in [2.75, 3.05) is 0 Å². The average Bonchev–Trinajstić information content (AvgIpc) is 2.29. The molecular weight excluding hydrogens is 244 g/mol. The molecule has 0 aliphatic carbocycles. The van der Waals surface area contributed by atoms with Crippen molar-refractivity contribution in [2.24, 2.45) is 0 Å². The maximum absolute atomic E-state index is 11.6. The van der Waals surface area contributed by atoms with Crippen molar-refractivity contribution in [3.63, 3.8) is 0 Å². The summed E-state index contributed by atoms with van der Waals surface area (Å²) < 4.78 is 4.66. The molecule has 0 saturated heterocycles. The van der Waals surface area contributed by atoms with Gasteiger partial charge in [-0.15, -0.1) is 0 Å². The molecule has 1 aromatic rings. The molecule has 0 saturated carbocycles. The Hall–Kier alpha value is -1.68. The minimum absolute atomic E-state index is 0.357. The minimum atomic E-state index is -1.03. The molecule has 5 heteroatoms. The normalized spacial score (nSPS) is 11.6. The van der Waals surface area contributed by atoms with E-state index < -0.39 is 23.7 Å². The Balaban J connectivity index is 2.53. The van der Waals surface area contributed by atoms with E-state index in [0.717, 1.165) is 0 Å². The van der Waals surface area contributed by atoms with Crippen LogP contribution in [0.3, 0.4) is 0 Å². The molecule has 0 amide bonds. The molecule has 0 aromatic heterocycles. The van der Waals surface area contributed by atoms with Crippen molar-refractivity contribution in [1.29, 1.82) is 0 Å². The first-order valence-electron chi connectivity index (χ1n) is 4.97. The number of ether oxygens (including phenoxy) is 1. The van der Waals surface area contributed by atoms with Gasteiger partial charge in [0.25, 0.3) is 5.24 Å². The summed E-state index contributed by atoms with van der Waals surface area (Å²) in [5, 5.41) is -0.773. The van der Waals surface area contributed by atoms with E-state index >= 15 is 0 Å². The second-order valence-corrected chi connectivity index (χ2v) is 3.77. The van der Waals surface area contributed by atoms with Crippen LogP contribution in [0.15, 0.2) is 30.3 Å². The molecule has 1 atom stereocenters. The van der Waals surface area contributed by atoms with Crippen LogP contribution in [-0.2, 0) is 14.3 Å². The number of hydrogen-bond acceptors (Lipinski definition) is 4. The Labute approximate surface area is 104 Å². The Bertz CT molecular complexity index is 427. The summed E-state index contributed by atoms with van der Waals surface area (Å²) in [5.41, 5.74) is 0.425. The summed E-state index contributed by atoms with van der Waals surface area (Å²) >= 11 is 5.12. The monoisotopic (exact) mass is 254 g/mol.